The molecule has 134 valence electrons. The number of allylic oxidation sites excluding steroid dienone is 1. The van der Waals surface area contributed by atoms with E-state index in [2.05, 4.69) is 0 Å². The van der Waals surface area contributed by atoms with Crippen molar-refractivity contribution in [3.05, 3.63) is 83.1 Å². The number of rotatable bonds is 2. The molecule has 0 aromatic heterocycles. The first kappa shape index (κ1) is 16.0. The van der Waals surface area contributed by atoms with Crippen molar-refractivity contribution in [3.63, 3.8) is 0 Å². The smallest absolute Gasteiger partial charge is 0.261 e. The van der Waals surface area contributed by atoms with Crippen molar-refractivity contribution in [3.8, 4) is 0 Å². The molecule has 0 aliphatic carbocycles. The minimum absolute atomic E-state index is 0.180. The number of amides is 2. The summed E-state index contributed by atoms with van der Waals surface area (Å²) in [5.41, 5.74) is 3.96. The molecule has 5 heteroatoms. The molecule has 2 saturated heterocycles. The molecule has 0 N–H and O–H groups in total. The van der Waals surface area contributed by atoms with Gasteiger partial charge >= 0.3 is 0 Å². The van der Waals surface area contributed by atoms with Gasteiger partial charge < -0.3 is 0 Å². The number of hydroxylamine groups is 2. The predicted molar refractivity (Wildman–Crippen MR) is 101 cm³/mol. The average molecular weight is 358 g/mol. The van der Waals surface area contributed by atoms with Gasteiger partial charge in [-0.25, -0.2) is 5.06 Å². The number of hydrogen-bond donors (Lipinski definition) is 0. The van der Waals surface area contributed by atoms with E-state index in [0.717, 1.165) is 22.4 Å². The fourth-order valence-electron chi connectivity index (χ4n) is 4.09. The van der Waals surface area contributed by atoms with Crippen LogP contribution < -0.4 is 0 Å². The third-order valence-electron chi connectivity index (χ3n) is 5.45. The lowest BCUT2D eigenvalue weighted by Gasteiger charge is -2.33. The molecule has 3 heterocycles. The van der Waals surface area contributed by atoms with Crippen molar-refractivity contribution in [1.29, 1.82) is 0 Å². The van der Waals surface area contributed by atoms with Gasteiger partial charge in [0, 0.05) is 7.05 Å². The molecule has 27 heavy (non-hydrogen) atoms. The monoisotopic (exact) mass is 358 g/mol. The van der Waals surface area contributed by atoms with Gasteiger partial charge in [0.15, 0.2) is 6.10 Å². The molecule has 3 atom stereocenters. The molecule has 0 unspecified atom stereocenters. The Morgan fingerprint density at radius 2 is 1.67 bits per heavy atom. The lowest BCUT2D eigenvalue weighted by atomic mass is 9.85. The number of likely N-dealkylation sites (N-methyl/N-ethyl adjacent to an activating group) is 1. The van der Waals surface area contributed by atoms with Crippen LogP contribution >= 0.6 is 0 Å². The van der Waals surface area contributed by atoms with Crippen LogP contribution in [0.4, 0.5) is 0 Å². The van der Waals surface area contributed by atoms with E-state index < -0.39 is 12.0 Å². The Labute approximate surface area is 157 Å². The Morgan fingerprint density at radius 3 is 2.48 bits per heavy atom. The van der Waals surface area contributed by atoms with Crippen molar-refractivity contribution in [2.24, 2.45) is 5.92 Å². The first-order chi connectivity index (χ1) is 13.1. The van der Waals surface area contributed by atoms with E-state index in [0.29, 0.717) is 0 Å². The summed E-state index contributed by atoms with van der Waals surface area (Å²) < 4.78 is 0. The summed E-state index contributed by atoms with van der Waals surface area (Å²) in [6.07, 6.45) is 5.25. The highest BCUT2D eigenvalue weighted by atomic mass is 16.7. The van der Waals surface area contributed by atoms with Gasteiger partial charge in [-0.3, -0.25) is 19.3 Å². The van der Waals surface area contributed by atoms with Crippen molar-refractivity contribution in [1.82, 2.24) is 9.96 Å². The highest BCUT2D eigenvalue weighted by Crippen LogP contribution is 2.49. The second-order valence-corrected chi connectivity index (χ2v) is 7.00. The summed E-state index contributed by atoms with van der Waals surface area (Å²) in [5.74, 6) is -0.971. The molecule has 0 radical (unpaired) electrons. The number of fused-ring (bicyclic) bond motifs is 5. The van der Waals surface area contributed by atoms with Crippen molar-refractivity contribution >= 4 is 24.0 Å². The van der Waals surface area contributed by atoms with Gasteiger partial charge in [-0.2, -0.15) is 0 Å². The standard InChI is InChI=1S/C22H18N2O3/c1-23-21(25)18-19-17-10-6-5-9-15(17)13-16(24(19)27-20(18)22(23)26)12-11-14-7-3-2-4-8-14/h2-13,18-20H,1H3/b12-11+/t18-,19+,20+/m0/s1. The second kappa shape index (κ2) is 5.93. The van der Waals surface area contributed by atoms with E-state index in [1.165, 1.54) is 11.9 Å². The van der Waals surface area contributed by atoms with Crippen molar-refractivity contribution < 1.29 is 14.4 Å². The number of carbonyl (C=O) groups excluding carboxylic acids is 2. The van der Waals surface area contributed by atoms with Crippen LogP contribution in [0.25, 0.3) is 12.2 Å². The molecule has 3 aliphatic heterocycles. The number of hydrogen-bond acceptors (Lipinski definition) is 4. The minimum Gasteiger partial charge on any atom is -0.283 e. The Bertz CT molecular complexity index is 996. The second-order valence-electron chi connectivity index (χ2n) is 7.00. The van der Waals surface area contributed by atoms with E-state index >= 15 is 0 Å². The molecule has 3 aliphatic rings. The zero-order valence-corrected chi connectivity index (χ0v) is 14.8. The van der Waals surface area contributed by atoms with E-state index in [4.69, 9.17) is 4.84 Å². The lowest BCUT2D eigenvalue weighted by Crippen LogP contribution is -2.35. The molecule has 0 spiro atoms. The van der Waals surface area contributed by atoms with Crippen LogP contribution in [-0.4, -0.2) is 34.9 Å². The fourth-order valence-corrected chi connectivity index (χ4v) is 4.09. The molecule has 2 aromatic rings. The zero-order chi connectivity index (χ0) is 18.5. The molecule has 5 nitrogen and oxygen atoms in total. The van der Waals surface area contributed by atoms with E-state index in [9.17, 15) is 9.59 Å². The quantitative estimate of drug-likeness (QED) is 0.775. The molecular weight excluding hydrogens is 340 g/mol. The summed E-state index contributed by atoms with van der Waals surface area (Å²) in [7, 11) is 1.53. The van der Waals surface area contributed by atoms with Crippen LogP contribution in [0.15, 0.2) is 66.4 Å². The molecule has 5 rings (SSSR count). The van der Waals surface area contributed by atoms with Gasteiger partial charge in [-0.1, -0.05) is 60.7 Å². The molecule has 2 aromatic carbocycles. The maximum Gasteiger partial charge on any atom is 0.261 e. The average Bonchev–Trinajstić information content (AvgIpc) is 3.20. The fraction of sp³-hybridized carbons (Fsp3) is 0.182. The van der Waals surface area contributed by atoms with Crippen LogP contribution in [0.3, 0.4) is 0 Å². The van der Waals surface area contributed by atoms with E-state index in [1.54, 1.807) is 5.06 Å². The summed E-state index contributed by atoms with van der Waals surface area (Å²) in [6, 6.07) is 17.6. The van der Waals surface area contributed by atoms with Crippen LogP contribution in [0.5, 0.6) is 0 Å². The summed E-state index contributed by atoms with van der Waals surface area (Å²) in [6.45, 7) is 0. The summed E-state index contributed by atoms with van der Waals surface area (Å²) in [4.78, 5) is 32.4. The summed E-state index contributed by atoms with van der Waals surface area (Å²) >= 11 is 0. The van der Waals surface area contributed by atoms with Gasteiger partial charge in [0.1, 0.15) is 5.92 Å². The maximum absolute atomic E-state index is 12.7. The highest BCUT2D eigenvalue weighted by molar-refractivity contribution is 6.07. The van der Waals surface area contributed by atoms with Crippen LogP contribution in [-0.2, 0) is 14.4 Å². The maximum atomic E-state index is 12.7. The molecule has 0 saturated carbocycles. The Morgan fingerprint density at radius 1 is 0.926 bits per heavy atom. The summed E-state index contributed by atoms with van der Waals surface area (Å²) in [5, 5.41) is 1.74. The number of nitrogens with zero attached hydrogens (tertiary/aromatic N) is 2. The number of benzene rings is 2. The molecule has 0 bridgehead atoms. The number of carbonyl (C=O) groups is 2. The normalized spacial score (nSPS) is 26.3. The van der Waals surface area contributed by atoms with Crippen molar-refractivity contribution in [2.45, 2.75) is 12.1 Å². The third kappa shape index (κ3) is 2.35. The Balaban J connectivity index is 1.59. The lowest BCUT2D eigenvalue weighted by molar-refractivity contribution is -0.164. The van der Waals surface area contributed by atoms with Gasteiger partial charge in [-0.15, -0.1) is 0 Å². The molecule has 2 amide bonds. The van der Waals surface area contributed by atoms with Crippen LogP contribution in [0.1, 0.15) is 22.7 Å². The number of likely N-dealkylation sites (tertiary alicyclic amines) is 1. The Kier molecular flexibility index (Phi) is 3.52. The molecule has 2 fully saturated rings. The highest BCUT2D eigenvalue weighted by Gasteiger charge is 2.59. The number of imide groups is 1. The minimum atomic E-state index is -0.757. The topological polar surface area (TPSA) is 49.9 Å². The Hall–Kier alpha value is -3.18. The first-order valence-corrected chi connectivity index (χ1v) is 8.96. The largest absolute Gasteiger partial charge is 0.283 e. The van der Waals surface area contributed by atoms with Crippen LogP contribution in [0, 0.1) is 5.92 Å². The van der Waals surface area contributed by atoms with E-state index in [1.807, 2.05) is 72.8 Å². The van der Waals surface area contributed by atoms with Gasteiger partial charge in [-0.05, 0) is 28.8 Å². The van der Waals surface area contributed by atoms with Gasteiger partial charge in [0.05, 0.1) is 11.7 Å². The first-order valence-electron chi connectivity index (χ1n) is 8.96. The third-order valence-corrected chi connectivity index (χ3v) is 5.45. The van der Waals surface area contributed by atoms with E-state index in [-0.39, 0.29) is 17.9 Å². The molecular formula is C22H18N2O3. The van der Waals surface area contributed by atoms with Gasteiger partial charge in [0.25, 0.3) is 5.91 Å². The zero-order valence-electron chi connectivity index (χ0n) is 14.8. The SMILES string of the molecule is CN1C(=O)[C@H]2[C@H]3c4ccccc4C=C(/C=C/c4ccccc4)N3O[C@H]2C1=O. The van der Waals surface area contributed by atoms with Crippen LogP contribution in [0.2, 0.25) is 0 Å². The van der Waals surface area contributed by atoms with Gasteiger partial charge in [0.2, 0.25) is 5.91 Å². The van der Waals surface area contributed by atoms with Crippen molar-refractivity contribution in [2.75, 3.05) is 7.05 Å². The predicted octanol–water partition coefficient (Wildman–Crippen LogP) is 3.03.